The van der Waals surface area contributed by atoms with Gasteiger partial charge in [-0.15, -0.1) is 0 Å². The van der Waals surface area contributed by atoms with Crippen LogP contribution in [-0.2, 0) is 22.6 Å². The first-order chi connectivity index (χ1) is 17.8. The lowest BCUT2D eigenvalue weighted by atomic mass is 10.0. The first-order valence-corrected chi connectivity index (χ1v) is 13.2. The van der Waals surface area contributed by atoms with Gasteiger partial charge in [0.2, 0.25) is 5.91 Å². The zero-order valence-electron chi connectivity index (χ0n) is 22.2. The fourth-order valence-corrected chi connectivity index (χ4v) is 4.28. The van der Waals surface area contributed by atoms with Crippen molar-refractivity contribution in [2.45, 2.75) is 59.5 Å². The number of hydrogen-bond acceptors (Lipinski definition) is 3. The summed E-state index contributed by atoms with van der Waals surface area (Å²) in [5.41, 5.74) is 4.86. The number of unbranched alkanes of at least 4 members (excludes halogenated alkanes) is 1. The van der Waals surface area contributed by atoms with Crippen LogP contribution in [0.5, 0.6) is 5.75 Å². The van der Waals surface area contributed by atoms with Crippen LogP contribution in [0.2, 0.25) is 5.02 Å². The molecule has 0 aliphatic rings. The van der Waals surface area contributed by atoms with E-state index in [-0.39, 0.29) is 18.4 Å². The van der Waals surface area contributed by atoms with Crippen LogP contribution < -0.4 is 10.1 Å². The molecule has 0 heterocycles. The molecule has 0 spiro atoms. The fourth-order valence-electron chi connectivity index (χ4n) is 4.17. The largest absolute Gasteiger partial charge is 0.484 e. The van der Waals surface area contributed by atoms with Gasteiger partial charge in [-0.05, 0) is 61.6 Å². The van der Waals surface area contributed by atoms with Crippen molar-refractivity contribution in [2.24, 2.45) is 0 Å². The van der Waals surface area contributed by atoms with Gasteiger partial charge in [0.1, 0.15) is 11.8 Å². The Labute approximate surface area is 225 Å². The van der Waals surface area contributed by atoms with E-state index in [4.69, 9.17) is 16.3 Å². The van der Waals surface area contributed by atoms with E-state index in [0.717, 1.165) is 40.7 Å². The summed E-state index contributed by atoms with van der Waals surface area (Å²) in [6.07, 6.45) is 2.27. The standard InChI is InChI=1S/C31H37ClN2O3/c1-5-6-16-33-31(36)28(19-25-10-8-7-9-11-25)34(20-26-14-12-22(2)13-15-26)29(35)21-37-27-17-23(3)30(32)24(4)18-27/h7-15,17-18,28H,5-6,16,19-21H2,1-4H3,(H,33,36). The summed E-state index contributed by atoms with van der Waals surface area (Å²) < 4.78 is 5.92. The van der Waals surface area contributed by atoms with E-state index in [1.165, 1.54) is 0 Å². The second kappa shape index (κ2) is 13.8. The van der Waals surface area contributed by atoms with Crippen LogP contribution in [0, 0.1) is 20.8 Å². The highest BCUT2D eigenvalue weighted by atomic mass is 35.5. The smallest absolute Gasteiger partial charge is 0.261 e. The summed E-state index contributed by atoms with van der Waals surface area (Å²) in [5.74, 6) is 0.170. The molecule has 3 aromatic rings. The zero-order chi connectivity index (χ0) is 26.8. The average Bonchev–Trinajstić information content (AvgIpc) is 2.89. The summed E-state index contributed by atoms with van der Waals surface area (Å²) in [4.78, 5) is 28.8. The number of amides is 2. The molecule has 196 valence electrons. The maximum absolute atomic E-state index is 13.7. The molecule has 0 saturated heterocycles. The molecule has 0 aromatic heterocycles. The average molecular weight is 521 g/mol. The highest BCUT2D eigenvalue weighted by Crippen LogP contribution is 2.26. The van der Waals surface area contributed by atoms with Crippen molar-refractivity contribution in [1.29, 1.82) is 0 Å². The van der Waals surface area contributed by atoms with Gasteiger partial charge in [0.15, 0.2) is 6.61 Å². The van der Waals surface area contributed by atoms with Crippen LogP contribution in [0.15, 0.2) is 66.7 Å². The number of nitrogens with one attached hydrogen (secondary N) is 1. The first-order valence-electron chi connectivity index (χ1n) is 12.8. The molecule has 0 aliphatic carbocycles. The van der Waals surface area contributed by atoms with Crippen LogP contribution in [-0.4, -0.2) is 35.9 Å². The van der Waals surface area contributed by atoms with E-state index in [2.05, 4.69) is 12.2 Å². The van der Waals surface area contributed by atoms with Crippen LogP contribution >= 0.6 is 11.6 Å². The van der Waals surface area contributed by atoms with Crippen LogP contribution in [0.3, 0.4) is 0 Å². The van der Waals surface area contributed by atoms with Gasteiger partial charge in [0, 0.05) is 24.5 Å². The molecule has 5 nitrogen and oxygen atoms in total. The molecule has 6 heteroatoms. The van der Waals surface area contributed by atoms with Crippen LogP contribution in [0.4, 0.5) is 0 Å². The van der Waals surface area contributed by atoms with E-state index in [1.807, 2.05) is 87.5 Å². The molecule has 0 aliphatic heterocycles. The van der Waals surface area contributed by atoms with Crippen molar-refractivity contribution in [3.63, 3.8) is 0 Å². The summed E-state index contributed by atoms with van der Waals surface area (Å²) in [6.45, 7) is 8.62. The van der Waals surface area contributed by atoms with Gasteiger partial charge in [0.05, 0.1) is 0 Å². The van der Waals surface area contributed by atoms with E-state index in [1.54, 1.807) is 4.90 Å². The summed E-state index contributed by atoms with van der Waals surface area (Å²) in [5, 5.41) is 3.73. The molecular weight excluding hydrogens is 484 g/mol. The molecular formula is C31H37ClN2O3. The minimum atomic E-state index is -0.676. The van der Waals surface area contributed by atoms with Crippen LogP contribution in [0.25, 0.3) is 0 Å². The molecule has 1 atom stereocenters. The topological polar surface area (TPSA) is 58.6 Å². The van der Waals surface area contributed by atoms with Crippen LogP contribution in [0.1, 0.15) is 47.6 Å². The van der Waals surface area contributed by atoms with Gasteiger partial charge in [0.25, 0.3) is 5.91 Å². The quantitative estimate of drug-likeness (QED) is 0.289. The van der Waals surface area contributed by atoms with Crippen molar-refractivity contribution in [3.8, 4) is 5.75 Å². The molecule has 0 bridgehead atoms. The number of carbonyl (C=O) groups excluding carboxylic acids is 2. The lowest BCUT2D eigenvalue weighted by molar-refractivity contribution is -0.142. The third-order valence-electron chi connectivity index (χ3n) is 6.35. The first kappa shape index (κ1) is 28.3. The molecule has 0 fully saturated rings. The van der Waals surface area contributed by atoms with Gasteiger partial charge >= 0.3 is 0 Å². The monoisotopic (exact) mass is 520 g/mol. The number of nitrogens with zero attached hydrogens (tertiary/aromatic N) is 1. The normalized spacial score (nSPS) is 11.6. The molecule has 1 unspecified atom stereocenters. The summed E-state index contributed by atoms with van der Waals surface area (Å²) in [6, 6.07) is 20.8. The lowest BCUT2D eigenvalue weighted by Crippen LogP contribution is -2.51. The number of rotatable bonds is 12. The van der Waals surface area contributed by atoms with Crippen molar-refractivity contribution in [2.75, 3.05) is 13.2 Å². The highest BCUT2D eigenvalue weighted by Gasteiger charge is 2.30. The van der Waals surface area contributed by atoms with Crippen molar-refractivity contribution in [3.05, 3.63) is 99.6 Å². The predicted molar refractivity (Wildman–Crippen MR) is 150 cm³/mol. The molecule has 0 radical (unpaired) electrons. The second-order valence-corrected chi connectivity index (χ2v) is 9.90. The van der Waals surface area contributed by atoms with Gasteiger partial charge in [-0.25, -0.2) is 0 Å². The maximum atomic E-state index is 13.7. The second-order valence-electron chi connectivity index (χ2n) is 9.52. The zero-order valence-corrected chi connectivity index (χ0v) is 23.0. The van der Waals surface area contributed by atoms with E-state index >= 15 is 0 Å². The van der Waals surface area contributed by atoms with Crippen molar-refractivity contribution in [1.82, 2.24) is 10.2 Å². The Morgan fingerprint density at radius 1 is 0.946 bits per heavy atom. The predicted octanol–water partition coefficient (Wildman–Crippen LogP) is 6.20. The fraction of sp³-hybridized carbons (Fsp3) is 0.355. The Morgan fingerprint density at radius 3 is 2.22 bits per heavy atom. The Balaban J connectivity index is 1.89. The van der Waals surface area contributed by atoms with Gasteiger partial charge in [-0.1, -0.05) is 85.1 Å². The van der Waals surface area contributed by atoms with Crippen molar-refractivity contribution >= 4 is 23.4 Å². The number of carbonyl (C=O) groups is 2. The number of ether oxygens (including phenoxy) is 1. The minimum Gasteiger partial charge on any atom is -0.484 e. The van der Waals surface area contributed by atoms with E-state index in [9.17, 15) is 9.59 Å². The van der Waals surface area contributed by atoms with Gasteiger partial charge < -0.3 is 15.0 Å². The lowest BCUT2D eigenvalue weighted by Gasteiger charge is -2.31. The molecule has 2 amide bonds. The number of halogens is 1. The Hall–Kier alpha value is -3.31. The van der Waals surface area contributed by atoms with E-state index < -0.39 is 6.04 Å². The van der Waals surface area contributed by atoms with E-state index in [0.29, 0.717) is 30.3 Å². The Kier molecular flexibility index (Phi) is 10.6. The molecule has 37 heavy (non-hydrogen) atoms. The number of benzene rings is 3. The molecule has 3 aromatic carbocycles. The highest BCUT2D eigenvalue weighted by molar-refractivity contribution is 6.32. The number of aryl methyl sites for hydroxylation is 3. The number of hydrogen-bond donors (Lipinski definition) is 1. The summed E-state index contributed by atoms with van der Waals surface area (Å²) >= 11 is 6.29. The molecule has 1 N–H and O–H groups in total. The van der Waals surface area contributed by atoms with Crippen molar-refractivity contribution < 1.29 is 14.3 Å². The minimum absolute atomic E-state index is 0.157. The molecule has 3 rings (SSSR count). The summed E-state index contributed by atoms with van der Waals surface area (Å²) in [7, 11) is 0. The third kappa shape index (κ3) is 8.36. The third-order valence-corrected chi connectivity index (χ3v) is 6.94. The SMILES string of the molecule is CCCCNC(=O)C(Cc1ccccc1)N(Cc1ccc(C)cc1)C(=O)COc1cc(C)c(Cl)c(C)c1. The maximum Gasteiger partial charge on any atom is 0.261 e. The van der Waals surface area contributed by atoms with Gasteiger partial charge in [-0.3, -0.25) is 9.59 Å². The molecule has 0 saturated carbocycles. The Morgan fingerprint density at radius 2 is 1.59 bits per heavy atom. The van der Waals surface area contributed by atoms with Gasteiger partial charge in [-0.2, -0.15) is 0 Å². The Bertz CT molecular complexity index is 1160.